The average Bonchev–Trinajstić information content (AvgIpc) is 2.83. The highest BCUT2D eigenvalue weighted by Crippen LogP contribution is 2.23. The second-order valence-corrected chi connectivity index (χ2v) is 5.78. The summed E-state index contributed by atoms with van der Waals surface area (Å²) in [7, 11) is 0. The first-order valence-electron chi connectivity index (χ1n) is 7.11. The molecule has 2 nitrogen and oxygen atoms in total. The Morgan fingerprint density at radius 2 is 2.00 bits per heavy atom. The first-order valence-corrected chi connectivity index (χ1v) is 7.11. The smallest absolute Gasteiger partial charge is 0.0917 e. The number of β-amino-alcohol motifs (C(OH)–C–C–N with tert-alkyl or cyclic N) is 1. The number of hydrogen-bond acceptors (Lipinski definition) is 2. The van der Waals surface area contributed by atoms with Gasteiger partial charge in [0.05, 0.1) is 6.10 Å². The number of aliphatic hydroxyl groups is 1. The van der Waals surface area contributed by atoms with Crippen LogP contribution in [0.1, 0.15) is 25.0 Å². The Kier molecular flexibility index (Phi) is 3.54. The van der Waals surface area contributed by atoms with Crippen molar-refractivity contribution in [1.82, 2.24) is 4.90 Å². The number of hydrogen-bond donors (Lipinski definition) is 1. The van der Waals surface area contributed by atoms with E-state index in [0.717, 1.165) is 31.1 Å². The van der Waals surface area contributed by atoms with Gasteiger partial charge in [-0.2, -0.15) is 0 Å². The number of rotatable bonds is 3. The van der Waals surface area contributed by atoms with E-state index in [0.29, 0.717) is 0 Å². The Morgan fingerprint density at radius 3 is 2.74 bits per heavy atom. The number of nitrogens with zero attached hydrogens (tertiary/aromatic N) is 1. The molecule has 2 atom stereocenters. The molecule has 0 bridgehead atoms. The molecule has 2 heteroatoms. The highest BCUT2D eigenvalue weighted by molar-refractivity contribution is 5.83. The van der Waals surface area contributed by atoms with Crippen LogP contribution in [0.25, 0.3) is 10.8 Å². The normalized spacial score (nSPS) is 21.9. The van der Waals surface area contributed by atoms with Crippen molar-refractivity contribution in [1.29, 1.82) is 0 Å². The van der Waals surface area contributed by atoms with E-state index in [4.69, 9.17) is 0 Å². The minimum Gasteiger partial charge on any atom is -0.387 e. The summed E-state index contributed by atoms with van der Waals surface area (Å²) in [4.78, 5) is 2.37. The summed E-state index contributed by atoms with van der Waals surface area (Å²) >= 11 is 0. The zero-order chi connectivity index (χ0) is 13.2. The molecule has 1 aliphatic rings. The Labute approximate surface area is 114 Å². The summed E-state index contributed by atoms with van der Waals surface area (Å²) < 4.78 is 0. The Balaban J connectivity index is 1.75. The van der Waals surface area contributed by atoms with Crippen molar-refractivity contribution in [2.75, 3.05) is 19.6 Å². The van der Waals surface area contributed by atoms with Gasteiger partial charge in [0.1, 0.15) is 0 Å². The minimum atomic E-state index is -0.380. The summed E-state index contributed by atoms with van der Waals surface area (Å²) in [6.07, 6.45) is 0.875. The maximum absolute atomic E-state index is 10.4. The fourth-order valence-corrected chi connectivity index (χ4v) is 2.96. The van der Waals surface area contributed by atoms with Crippen LogP contribution < -0.4 is 0 Å². The molecule has 0 saturated carbocycles. The number of aliphatic hydroxyl groups excluding tert-OH is 1. The van der Waals surface area contributed by atoms with Crippen LogP contribution in [0.15, 0.2) is 42.5 Å². The van der Waals surface area contributed by atoms with Crippen LogP contribution in [0.3, 0.4) is 0 Å². The van der Waals surface area contributed by atoms with Crippen molar-refractivity contribution in [2.24, 2.45) is 5.92 Å². The van der Waals surface area contributed by atoms with Gasteiger partial charge in [0.15, 0.2) is 0 Å². The third-order valence-corrected chi connectivity index (χ3v) is 4.10. The third-order valence-electron chi connectivity index (χ3n) is 4.10. The molecule has 0 spiro atoms. The zero-order valence-corrected chi connectivity index (χ0v) is 11.4. The quantitative estimate of drug-likeness (QED) is 0.910. The van der Waals surface area contributed by atoms with E-state index in [9.17, 15) is 5.11 Å². The van der Waals surface area contributed by atoms with Crippen LogP contribution in [0.5, 0.6) is 0 Å². The molecular formula is C17H21NO. The Hall–Kier alpha value is -1.38. The molecule has 0 aliphatic carbocycles. The average molecular weight is 255 g/mol. The molecule has 19 heavy (non-hydrogen) atoms. The lowest BCUT2D eigenvalue weighted by atomic mass is 10.0. The summed E-state index contributed by atoms with van der Waals surface area (Å²) in [5.74, 6) is 0.767. The summed E-state index contributed by atoms with van der Waals surface area (Å²) in [5, 5.41) is 12.8. The van der Waals surface area contributed by atoms with Crippen LogP contribution in [-0.2, 0) is 0 Å². The molecule has 1 heterocycles. The first kappa shape index (κ1) is 12.6. The van der Waals surface area contributed by atoms with Crippen molar-refractivity contribution in [3.8, 4) is 0 Å². The van der Waals surface area contributed by atoms with E-state index < -0.39 is 0 Å². The van der Waals surface area contributed by atoms with Crippen LogP contribution in [-0.4, -0.2) is 29.6 Å². The van der Waals surface area contributed by atoms with Crippen molar-refractivity contribution >= 4 is 10.8 Å². The highest BCUT2D eigenvalue weighted by Gasteiger charge is 2.21. The zero-order valence-electron chi connectivity index (χ0n) is 11.4. The predicted octanol–water partition coefficient (Wildman–Crippen LogP) is 3.22. The summed E-state index contributed by atoms with van der Waals surface area (Å²) in [6, 6.07) is 14.5. The molecule has 0 aromatic heterocycles. The molecule has 2 aromatic rings. The van der Waals surface area contributed by atoms with E-state index >= 15 is 0 Å². The van der Waals surface area contributed by atoms with Gasteiger partial charge in [-0.1, -0.05) is 43.3 Å². The molecule has 100 valence electrons. The maximum Gasteiger partial charge on any atom is 0.0917 e. The van der Waals surface area contributed by atoms with Gasteiger partial charge in [0.2, 0.25) is 0 Å². The highest BCUT2D eigenvalue weighted by atomic mass is 16.3. The maximum atomic E-state index is 10.4. The Bertz CT molecular complexity index is 566. The molecule has 1 N–H and O–H groups in total. The largest absolute Gasteiger partial charge is 0.387 e. The predicted molar refractivity (Wildman–Crippen MR) is 79.1 cm³/mol. The van der Waals surface area contributed by atoms with E-state index in [1.165, 1.54) is 17.2 Å². The SMILES string of the molecule is CC1CCN(CC(O)c2ccc3ccccc3c2)C1. The van der Waals surface area contributed by atoms with Crippen LogP contribution in [0.4, 0.5) is 0 Å². The van der Waals surface area contributed by atoms with E-state index in [1.54, 1.807) is 0 Å². The molecule has 3 rings (SSSR count). The topological polar surface area (TPSA) is 23.5 Å². The van der Waals surface area contributed by atoms with Crippen molar-refractivity contribution in [2.45, 2.75) is 19.4 Å². The third kappa shape index (κ3) is 2.80. The monoisotopic (exact) mass is 255 g/mol. The van der Waals surface area contributed by atoms with Gasteiger partial charge >= 0.3 is 0 Å². The lowest BCUT2D eigenvalue weighted by Crippen LogP contribution is -2.26. The van der Waals surface area contributed by atoms with Gasteiger partial charge in [-0.15, -0.1) is 0 Å². The van der Waals surface area contributed by atoms with E-state index in [1.807, 2.05) is 18.2 Å². The van der Waals surface area contributed by atoms with Gasteiger partial charge < -0.3 is 10.0 Å². The van der Waals surface area contributed by atoms with Gasteiger partial charge in [-0.05, 0) is 41.3 Å². The lowest BCUT2D eigenvalue weighted by molar-refractivity contribution is 0.124. The fraction of sp³-hybridized carbons (Fsp3) is 0.412. The summed E-state index contributed by atoms with van der Waals surface area (Å²) in [6.45, 7) is 5.27. The van der Waals surface area contributed by atoms with Crippen molar-refractivity contribution < 1.29 is 5.11 Å². The Morgan fingerprint density at radius 1 is 1.21 bits per heavy atom. The molecule has 2 unspecified atom stereocenters. The summed E-state index contributed by atoms with van der Waals surface area (Å²) in [5.41, 5.74) is 1.03. The van der Waals surface area contributed by atoms with Crippen LogP contribution >= 0.6 is 0 Å². The number of benzene rings is 2. The second kappa shape index (κ2) is 5.32. The molecule has 1 saturated heterocycles. The van der Waals surface area contributed by atoms with E-state index in [2.05, 4.69) is 36.1 Å². The van der Waals surface area contributed by atoms with Gasteiger partial charge in [0, 0.05) is 13.1 Å². The standard InChI is InChI=1S/C17H21NO/c1-13-8-9-18(11-13)12-17(19)16-7-6-14-4-2-3-5-15(14)10-16/h2-7,10,13,17,19H,8-9,11-12H2,1H3. The molecule has 0 amide bonds. The van der Waals surface area contributed by atoms with Gasteiger partial charge in [-0.3, -0.25) is 0 Å². The fourth-order valence-electron chi connectivity index (χ4n) is 2.96. The molecule has 1 aliphatic heterocycles. The molecule has 0 radical (unpaired) electrons. The lowest BCUT2D eigenvalue weighted by Gasteiger charge is -2.20. The van der Waals surface area contributed by atoms with Crippen molar-refractivity contribution in [3.63, 3.8) is 0 Å². The second-order valence-electron chi connectivity index (χ2n) is 5.78. The molecular weight excluding hydrogens is 234 g/mol. The number of fused-ring (bicyclic) bond motifs is 1. The molecule has 1 fully saturated rings. The number of likely N-dealkylation sites (tertiary alicyclic amines) is 1. The van der Waals surface area contributed by atoms with Crippen molar-refractivity contribution in [3.05, 3.63) is 48.0 Å². The van der Waals surface area contributed by atoms with Gasteiger partial charge in [-0.25, -0.2) is 0 Å². The van der Waals surface area contributed by atoms with Gasteiger partial charge in [0.25, 0.3) is 0 Å². The van der Waals surface area contributed by atoms with Crippen LogP contribution in [0.2, 0.25) is 0 Å². The van der Waals surface area contributed by atoms with Crippen LogP contribution in [0, 0.1) is 5.92 Å². The minimum absolute atomic E-state index is 0.380. The molecule has 2 aromatic carbocycles. The van der Waals surface area contributed by atoms with E-state index in [-0.39, 0.29) is 6.10 Å². The first-order chi connectivity index (χ1) is 9.22.